The van der Waals surface area contributed by atoms with Gasteiger partial charge in [0.15, 0.2) is 0 Å². The van der Waals surface area contributed by atoms with Crippen LogP contribution in [0.15, 0.2) is 12.3 Å². The second-order valence-electron chi connectivity index (χ2n) is 2.71. The third-order valence-corrected chi connectivity index (χ3v) is 2.11. The van der Waals surface area contributed by atoms with E-state index in [-0.39, 0.29) is 17.3 Å². The van der Waals surface area contributed by atoms with Crippen molar-refractivity contribution in [2.45, 2.75) is 12.3 Å². The Morgan fingerprint density at radius 2 is 2.14 bits per heavy atom. The van der Waals surface area contributed by atoms with Gasteiger partial charge in [-0.15, -0.1) is 0 Å². The number of aromatic nitrogens is 1. The maximum Gasteiger partial charge on any atom is 0.246 e. The summed E-state index contributed by atoms with van der Waals surface area (Å²) in [6.07, 6.45) is -1.81. The maximum atomic E-state index is 12.7. The molecule has 0 aliphatic heterocycles. The maximum absolute atomic E-state index is 12.7. The van der Waals surface area contributed by atoms with Gasteiger partial charge in [0, 0.05) is 12.1 Å². The van der Waals surface area contributed by atoms with E-state index in [9.17, 15) is 13.2 Å². The van der Waals surface area contributed by atoms with Crippen LogP contribution in [-0.2, 0) is 0 Å². The van der Waals surface area contributed by atoms with Gasteiger partial charge in [-0.25, -0.2) is 18.2 Å². The number of alkyl halides is 2. The first-order valence-corrected chi connectivity index (χ1v) is 4.23. The lowest BCUT2D eigenvalue weighted by Crippen LogP contribution is -2.20. The highest BCUT2D eigenvalue weighted by molar-refractivity contribution is 6.30. The van der Waals surface area contributed by atoms with Gasteiger partial charge in [0.1, 0.15) is 11.0 Å². The standard InChI is InChI=1S/C8H8ClF3N2/c9-7-5(1-4(10)3-14-7)6(2-13)8(11)12/h1,3,6,8H,2,13H2. The lowest BCUT2D eigenvalue weighted by Gasteiger charge is -2.14. The minimum absolute atomic E-state index is 0.0517. The van der Waals surface area contributed by atoms with Crippen LogP contribution in [0.25, 0.3) is 0 Å². The van der Waals surface area contributed by atoms with Crippen molar-refractivity contribution in [3.8, 4) is 0 Å². The topological polar surface area (TPSA) is 38.9 Å². The Balaban J connectivity index is 3.08. The summed E-state index contributed by atoms with van der Waals surface area (Å²) < 4.78 is 37.5. The molecule has 14 heavy (non-hydrogen) atoms. The monoisotopic (exact) mass is 224 g/mol. The van der Waals surface area contributed by atoms with E-state index >= 15 is 0 Å². The molecule has 0 aliphatic rings. The third-order valence-electron chi connectivity index (χ3n) is 1.79. The molecule has 2 nitrogen and oxygen atoms in total. The van der Waals surface area contributed by atoms with E-state index < -0.39 is 18.2 Å². The molecule has 1 atom stereocenters. The van der Waals surface area contributed by atoms with Crippen LogP contribution in [-0.4, -0.2) is 18.0 Å². The fourth-order valence-corrected chi connectivity index (χ4v) is 1.31. The van der Waals surface area contributed by atoms with Crippen LogP contribution in [0.1, 0.15) is 11.5 Å². The van der Waals surface area contributed by atoms with Crippen molar-refractivity contribution < 1.29 is 13.2 Å². The lowest BCUT2D eigenvalue weighted by molar-refractivity contribution is 0.117. The summed E-state index contributed by atoms with van der Waals surface area (Å²) in [5.41, 5.74) is 5.08. The van der Waals surface area contributed by atoms with Gasteiger partial charge < -0.3 is 5.73 Å². The Kier molecular flexibility index (Phi) is 3.71. The fraction of sp³-hybridized carbons (Fsp3) is 0.375. The van der Waals surface area contributed by atoms with Crippen LogP contribution in [0.4, 0.5) is 13.2 Å². The van der Waals surface area contributed by atoms with Crippen LogP contribution in [0.5, 0.6) is 0 Å². The molecule has 0 aromatic carbocycles. The number of pyridine rings is 1. The average Bonchev–Trinajstić information content (AvgIpc) is 2.11. The summed E-state index contributed by atoms with van der Waals surface area (Å²) >= 11 is 5.55. The van der Waals surface area contributed by atoms with Gasteiger partial charge in [0.05, 0.1) is 12.1 Å². The summed E-state index contributed by atoms with van der Waals surface area (Å²) in [5.74, 6) is -1.98. The summed E-state index contributed by atoms with van der Waals surface area (Å²) in [4.78, 5) is 3.43. The Morgan fingerprint density at radius 3 is 2.64 bits per heavy atom. The van der Waals surface area contributed by atoms with E-state index in [1.54, 1.807) is 0 Å². The molecule has 0 saturated heterocycles. The molecule has 1 rings (SSSR count). The van der Waals surface area contributed by atoms with E-state index in [0.29, 0.717) is 0 Å². The zero-order valence-corrected chi connectivity index (χ0v) is 7.81. The second-order valence-corrected chi connectivity index (χ2v) is 3.07. The molecule has 78 valence electrons. The molecule has 0 amide bonds. The van der Waals surface area contributed by atoms with Crippen LogP contribution in [0.2, 0.25) is 5.15 Å². The molecule has 1 unspecified atom stereocenters. The molecule has 0 radical (unpaired) electrons. The van der Waals surface area contributed by atoms with Gasteiger partial charge in [-0.3, -0.25) is 0 Å². The second kappa shape index (κ2) is 4.61. The number of nitrogens with two attached hydrogens (primary N) is 1. The van der Waals surface area contributed by atoms with E-state index in [1.807, 2.05) is 0 Å². The van der Waals surface area contributed by atoms with Gasteiger partial charge in [-0.2, -0.15) is 0 Å². The number of nitrogens with zero attached hydrogens (tertiary/aromatic N) is 1. The molecule has 0 spiro atoms. The lowest BCUT2D eigenvalue weighted by atomic mass is 10.0. The smallest absolute Gasteiger partial charge is 0.246 e. The minimum Gasteiger partial charge on any atom is -0.330 e. The first-order valence-electron chi connectivity index (χ1n) is 3.85. The molecule has 1 aromatic heterocycles. The molecule has 0 aliphatic carbocycles. The van der Waals surface area contributed by atoms with Crippen LogP contribution >= 0.6 is 11.6 Å². The van der Waals surface area contributed by atoms with Crippen molar-refractivity contribution in [3.05, 3.63) is 28.8 Å². The van der Waals surface area contributed by atoms with Crippen molar-refractivity contribution in [1.82, 2.24) is 4.98 Å². The number of halogens is 4. The zero-order valence-electron chi connectivity index (χ0n) is 7.05. The molecule has 1 heterocycles. The Hall–Kier alpha value is -0.810. The van der Waals surface area contributed by atoms with Crippen molar-refractivity contribution in [1.29, 1.82) is 0 Å². The highest BCUT2D eigenvalue weighted by atomic mass is 35.5. The van der Waals surface area contributed by atoms with E-state index in [4.69, 9.17) is 17.3 Å². The predicted octanol–water partition coefficient (Wildman–Crippen LogP) is 2.18. The van der Waals surface area contributed by atoms with Gasteiger partial charge in [-0.1, -0.05) is 11.6 Å². The third kappa shape index (κ3) is 2.36. The summed E-state index contributed by atoms with van der Waals surface area (Å²) in [5, 5.41) is -0.137. The summed E-state index contributed by atoms with van der Waals surface area (Å²) in [6.45, 7) is -0.303. The molecule has 2 N–H and O–H groups in total. The molecular formula is C8H8ClF3N2. The highest BCUT2D eigenvalue weighted by Crippen LogP contribution is 2.27. The molecule has 1 aromatic rings. The van der Waals surface area contributed by atoms with Gasteiger partial charge in [0.25, 0.3) is 0 Å². The van der Waals surface area contributed by atoms with E-state index in [2.05, 4.69) is 4.98 Å². The van der Waals surface area contributed by atoms with Gasteiger partial charge in [-0.05, 0) is 6.07 Å². The largest absolute Gasteiger partial charge is 0.330 e. The fourth-order valence-electron chi connectivity index (χ4n) is 1.06. The predicted molar refractivity (Wildman–Crippen MR) is 47.0 cm³/mol. The SMILES string of the molecule is NCC(c1cc(F)cnc1Cl)C(F)F. The number of rotatable bonds is 3. The Morgan fingerprint density at radius 1 is 1.50 bits per heavy atom. The molecule has 6 heteroatoms. The first-order chi connectivity index (χ1) is 6.56. The Bertz CT molecular complexity index is 319. The summed E-state index contributed by atoms with van der Waals surface area (Å²) in [7, 11) is 0. The normalized spacial score (nSPS) is 13.3. The van der Waals surface area contributed by atoms with Crippen LogP contribution in [0, 0.1) is 5.82 Å². The van der Waals surface area contributed by atoms with Crippen molar-refractivity contribution in [2.75, 3.05) is 6.54 Å². The van der Waals surface area contributed by atoms with Crippen molar-refractivity contribution in [2.24, 2.45) is 5.73 Å². The van der Waals surface area contributed by atoms with Gasteiger partial charge in [0.2, 0.25) is 6.43 Å². The van der Waals surface area contributed by atoms with E-state index in [1.165, 1.54) is 0 Å². The van der Waals surface area contributed by atoms with Crippen LogP contribution < -0.4 is 5.73 Å². The molecule has 0 fully saturated rings. The van der Waals surface area contributed by atoms with Crippen molar-refractivity contribution in [3.63, 3.8) is 0 Å². The summed E-state index contributed by atoms with van der Waals surface area (Å²) in [6, 6.07) is 0.930. The number of hydrogen-bond donors (Lipinski definition) is 1. The Labute approximate surface area is 83.9 Å². The quantitative estimate of drug-likeness (QED) is 0.800. The zero-order chi connectivity index (χ0) is 10.7. The van der Waals surface area contributed by atoms with Crippen LogP contribution in [0.3, 0.4) is 0 Å². The first kappa shape index (κ1) is 11.3. The minimum atomic E-state index is -2.68. The number of hydrogen-bond acceptors (Lipinski definition) is 2. The molecular weight excluding hydrogens is 217 g/mol. The highest BCUT2D eigenvalue weighted by Gasteiger charge is 2.24. The van der Waals surface area contributed by atoms with Crippen molar-refractivity contribution >= 4 is 11.6 Å². The van der Waals surface area contributed by atoms with E-state index in [0.717, 1.165) is 12.3 Å². The average molecular weight is 225 g/mol. The van der Waals surface area contributed by atoms with Gasteiger partial charge >= 0.3 is 0 Å². The molecule has 0 bridgehead atoms. The molecule has 0 saturated carbocycles.